The van der Waals surface area contributed by atoms with Crippen molar-refractivity contribution in [3.05, 3.63) is 81.6 Å². The fourth-order valence-corrected chi connectivity index (χ4v) is 3.19. The number of hydrogen-bond donors (Lipinski definition) is 1. The van der Waals surface area contributed by atoms with E-state index in [1.54, 1.807) is 42.5 Å². The van der Waals surface area contributed by atoms with E-state index < -0.39 is 5.97 Å². The minimum absolute atomic E-state index is 0.0405. The smallest absolute Gasteiger partial charge is 0.337 e. The molecule has 3 aromatic rings. The highest BCUT2D eigenvalue weighted by atomic mass is 35.5. The Morgan fingerprint density at radius 2 is 1.79 bits per heavy atom. The van der Waals surface area contributed by atoms with Gasteiger partial charge in [-0.3, -0.25) is 4.98 Å². The average Bonchev–Trinajstić information content (AvgIpc) is 2.66. The zero-order valence-corrected chi connectivity index (χ0v) is 17.0. The molecule has 1 aromatic heterocycles. The number of pyridine rings is 1. The molecule has 0 fully saturated rings. The van der Waals surface area contributed by atoms with Crippen LogP contribution in [0.25, 0.3) is 11.1 Å². The first-order chi connectivity index (χ1) is 13.3. The van der Waals surface area contributed by atoms with Crippen LogP contribution in [-0.4, -0.2) is 16.1 Å². The highest BCUT2D eigenvalue weighted by molar-refractivity contribution is 6.31. The minimum atomic E-state index is -1.05. The molecule has 0 aliphatic rings. The number of ether oxygens (including phenoxy) is 1. The maximum absolute atomic E-state index is 11.9. The predicted octanol–water partition coefficient (Wildman–Crippen LogP) is 6.46. The molecule has 0 atom stereocenters. The summed E-state index contributed by atoms with van der Waals surface area (Å²) in [5.74, 6) is -0.376. The Labute approximate surface area is 173 Å². The molecule has 0 bridgehead atoms. The number of carboxylic acid groups (broad SMARTS) is 1. The zero-order chi connectivity index (χ0) is 20.3. The SMILES string of the molecule is CC(C)c1nc(COc2ccc(Cl)cc2)c(C(=O)O)cc1-c1cccc(Cl)c1. The van der Waals surface area contributed by atoms with E-state index in [1.807, 2.05) is 26.0 Å². The van der Waals surface area contributed by atoms with Crippen molar-refractivity contribution >= 4 is 29.2 Å². The van der Waals surface area contributed by atoms with Gasteiger partial charge < -0.3 is 9.84 Å². The maximum Gasteiger partial charge on any atom is 0.337 e. The van der Waals surface area contributed by atoms with Gasteiger partial charge in [-0.1, -0.05) is 49.2 Å². The Hall–Kier alpha value is -2.56. The van der Waals surface area contributed by atoms with Crippen molar-refractivity contribution in [1.82, 2.24) is 4.98 Å². The zero-order valence-electron chi connectivity index (χ0n) is 15.4. The van der Waals surface area contributed by atoms with Crippen molar-refractivity contribution in [3.63, 3.8) is 0 Å². The largest absolute Gasteiger partial charge is 0.487 e. The summed E-state index contributed by atoms with van der Waals surface area (Å²) in [7, 11) is 0. The molecule has 2 aromatic carbocycles. The standard InChI is InChI=1S/C22H19Cl2NO3/c1-13(2)21-18(14-4-3-5-16(24)10-14)11-19(22(26)27)20(25-21)12-28-17-8-6-15(23)7-9-17/h3-11,13H,12H2,1-2H3,(H,26,27). The molecule has 4 nitrogen and oxygen atoms in total. The Bertz CT molecular complexity index is 1000. The molecular weight excluding hydrogens is 397 g/mol. The Morgan fingerprint density at radius 1 is 1.07 bits per heavy atom. The van der Waals surface area contributed by atoms with Gasteiger partial charge in [0.15, 0.2) is 0 Å². The molecule has 144 valence electrons. The van der Waals surface area contributed by atoms with Gasteiger partial charge in [0.2, 0.25) is 0 Å². The summed E-state index contributed by atoms with van der Waals surface area (Å²) in [6.45, 7) is 4.07. The lowest BCUT2D eigenvalue weighted by molar-refractivity contribution is 0.0693. The van der Waals surface area contributed by atoms with Crippen molar-refractivity contribution in [2.24, 2.45) is 0 Å². The van der Waals surface area contributed by atoms with Crippen LogP contribution in [0.3, 0.4) is 0 Å². The van der Waals surface area contributed by atoms with Crippen LogP contribution in [0.15, 0.2) is 54.6 Å². The lowest BCUT2D eigenvalue weighted by Crippen LogP contribution is -2.12. The Morgan fingerprint density at radius 3 is 2.39 bits per heavy atom. The van der Waals surface area contributed by atoms with Crippen molar-refractivity contribution in [2.75, 3.05) is 0 Å². The number of aromatic nitrogens is 1. The van der Waals surface area contributed by atoms with Crippen LogP contribution >= 0.6 is 23.2 Å². The van der Waals surface area contributed by atoms with Crippen molar-refractivity contribution in [3.8, 4) is 16.9 Å². The number of carboxylic acids is 1. The molecule has 0 spiro atoms. The number of halogens is 2. The lowest BCUT2D eigenvalue weighted by atomic mass is 9.95. The molecule has 1 heterocycles. The molecule has 0 unspecified atom stereocenters. The summed E-state index contributed by atoms with van der Waals surface area (Å²) >= 11 is 12.0. The van der Waals surface area contributed by atoms with Gasteiger partial charge in [0, 0.05) is 15.6 Å². The third-order valence-electron chi connectivity index (χ3n) is 4.23. The van der Waals surface area contributed by atoms with E-state index in [0.29, 0.717) is 21.5 Å². The number of carbonyl (C=O) groups is 1. The average molecular weight is 416 g/mol. The first kappa shape index (κ1) is 20.2. The molecule has 0 aliphatic heterocycles. The van der Waals surface area contributed by atoms with Gasteiger partial charge in [0.25, 0.3) is 0 Å². The normalized spacial score (nSPS) is 10.9. The number of rotatable bonds is 6. The molecule has 0 saturated heterocycles. The monoisotopic (exact) mass is 415 g/mol. The van der Waals surface area contributed by atoms with Crippen LogP contribution in [0.4, 0.5) is 0 Å². The van der Waals surface area contributed by atoms with E-state index in [0.717, 1.165) is 16.8 Å². The first-order valence-electron chi connectivity index (χ1n) is 8.76. The lowest BCUT2D eigenvalue weighted by Gasteiger charge is -2.17. The van der Waals surface area contributed by atoms with Crippen LogP contribution < -0.4 is 4.74 Å². The van der Waals surface area contributed by atoms with E-state index in [2.05, 4.69) is 4.98 Å². The van der Waals surface area contributed by atoms with Gasteiger partial charge in [-0.15, -0.1) is 0 Å². The quantitative estimate of drug-likeness (QED) is 0.501. The fraction of sp³-hybridized carbons (Fsp3) is 0.182. The molecule has 0 amide bonds. The molecular formula is C22H19Cl2NO3. The number of nitrogens with zero attached hydrogens (tertiary/aromatic N) is 1. The van der Waals surface area contributed by atoms with Crippen LogP contribution in [0.5, 0.6) is 5.75 Å². The molecule has 0 saturated carbocycles. The topological polar surface area (TPSA) is 59.4 Å². The number of benzene rings is 2. The van der Waals surface area contributed by atoms with E-state index in [1.165, 1.54) is 0 Å². The van der Waals surface area contributed by atoms with Gasteiger partial charge in [-0.25, -0.2) is 4.79 Å². The molecule has 1 N–H and O–H groups in total. The summed E-state index contributed by atoms with van der Waals surface area (Å²) in [5, 5.41) is 10.9. The van der Waals surface area contributed by atoms with Gasteiger partial charge in [-0.2, -0.15) is 0 Å². The number of aromatic carboxylic acids is 1. The second kappa shape index (κ2) is 8.63. The fourth-order valence-electron chi connectivity index (χ4n) is 2.87. The van der Waals surface area contributed by atoms with Gasteiger partial charge in [0.1, 0.15) is 12.4 Å². The van der Waals surface area contributed by atoms with E-state index in [4.69, 9.17) is 27.9 Å². The van der Waals surface area contributed by atoms with Crippen molar-refractivity contribution < 1.29 is 14.6 Å². The molecule has 3 rings (SSSR count). The van der Waals surface area contributed by atoms with Gasteiger partial charge >= 0.3 is 5.97 Å². The predicted molar refractivity (Wildman–Crippen MR) is 112 cm³/mol. The van der Waals surface area contributed by atoms with E-state index >= 15 is 0 Å². The second-order valence-corrected chi connectivity index (χ2v) is 7.50. The second-order valence-electron chi connectivity index (χ2n) is 6.63. The van der Waals surface area contributed by atoms with Crippen molar-refractivity contribution in [2.45, 2.75) is 26.4 Å². The summed E-state index contributed by atoms with van der Waals surface area (Å²) in [6, 6.07) is 15.8. The van der Waals surface area contributed by atoms with Crippen LogP contribution in [0, 0.1) is 0 Å². The molecule has 0 aliphatic carbocycles. The van der Waals surface area contributed by atoms with Crippen molar-refractivity contribution in [1.29, 1.82) is 0 Å². The molecule has 0 radical (unpaired) electrons. The summed E-state index contributed by atoms with van der Waals surface area (Å²) in [6.07, 6.45) is 0. The highest BCUT2D eigenvalue weighted by Gasteiger charge is 2.20. The Balaban J connectivity index is 2.03. The molecule has 28 heavy (non-hydrogen) atoms. The summed E-state index contributed by atoms with van der Waals surface area (Å²) < 4.78 is 5.73. The summed E-state index contributed by atoms with van der Waals surface area (Å²) in [5.41, 5.74) is 2.86. The van der Waals surface area contributed by atoms with E-state index in [9.17, 15) is 9.90 Å². The number of hydrogen-bond acceptors (Lipinski definition) is 3. The van der Waals surface area contributed by atoms with Crippen LogP contribution in [0.2, 0.25) is 10.0 Å². The maximum atomic E-state index is 11.9. The Kier molecular flexibility index (Phi) is 6.22. The van der Waals surface area contributed by atoms with Gasteiger partial charge in [-0.05, 0) is 53.9 Å². The van der Waals surface area contributed by atoms with Gasteiger partial charge in [0.05, 0.1) is 17.0 Å². The van der Waals surface area contributed by atoms with Crippen LogP contribution in [0.1, 0.15) is 41.5 Å². The van der Waals surface area contributed by atoms with E-state index in [-0.39, 0.29) is 18.1 Å². The highest BCUT2D eigenvalue weighted by Crippen LogP contribution is 2.32. The minimum Gasteiger partial charge on any atom is -0.487 e. The summed E-state index contributed by atoms with van der Waals surface area (Å²) in [4.78, 5) is 16.5. The van der Waals surface area contributed by atoms with Crippen LogP contribution in [-0.2, 0) is 6.61 Å². The molecule has 6 heteroatoms. The third kappa shape index (κ3) is 4.64. The third-order valence-corrected chi connectivity index (χ3v) is 4.72. The first-order valence-corrected chi connectivity index (χ1v) is 9.52.